The first kappa shape index (κ1) is 6.55. The normalized spacial score (nSPS) is 53.4. The monoisotopic (exact) mass is 144 g/mol. The van der Waals surface area contributed by atoms with E-state index in [1.807, 2.05) is 0 Å². The van der Waals surface area contributed by atoms with Crippen molar-refractivity contribution in [2.75, 3.05) is 0 Å². The molecule has 2 aliphatic rings. The Morgan fingerprint density at radius 2 is 2.20 bits per heavy atom. The van der Waals surface area contributed by atoms with Crippen LogP contribution in [-0.2, 0) is 5.11 Å². The van der Waals surface area contributed by atoms with Crippen LogP contribution in [0.3, 0.4) is 0 Å². The molecule has 3 heteroatoms. The van der Waals surface area contributed by atoms with Gasteiger partial charge in [-0.05, 0) is 19.3 Å². The Bertz CT molecular complexity index is 142. The predicted molar refractivity (Wildman–Crippen MR) is 33.9 cm³/mol. The highest BCUT2D eigenvalue weighted by molar-refractivity contribution is 4.97. The molecule has 0 aromatic heterocycles. The van der Waals surface area contributed by atoms with Gasteiger partial charge in [-0.3, -0.25) is 0 Å². The minimum atomic E-state index is -1.14. The molecule has 0 aliphatic carbocycles. The van der Waals surface area contributed by atoms with Gasteiger partial charge < -0.3 is 5.32 Å². The summed E-state index contributed by atoms with van der Waals surface area (Å²) in [5, 5.41) is 14.0. The van der Waals surface area contributed by atoms with E-state index in [1.165, 1.54) is 0 Å². The fraction of sp³-hybridized carbons (Fsp3) is 1.00. The lowest BCUT2D eigenvalue weighted by atomic mass is 10.0. The molecule has 2 nitrogen and oxygen atoms in total. The van der Waals surface area contributed by atoms with Gasteiger partial charge in [-0.15, -0.1) is 0 Å². The average Bonchev–Trinajstić information content (AvgIpc) is 2.29. The first-order chi connectivity index (χ1) is 4.77. The molecule has 2 fully saturated rings. The summed E-state index contributed by atoms with van der Waals surface area (Å²) >= 11 is 0. The molecule has 2 bridgehead atoms. The van der Waals surface area contributed by atoms with E-state index in [1.54, 1.807) is 0 Å². The quantitative estimate of drug-likeness (QED) is 0.531. The van der Waals surface area contributed by atoms with Gasteiger partial charge >= 0.3 is 0 Å². The maximum Gasteiger partial charge on any atom is 0.145 e. The summed E-state index contributed by atoms with van der Waals surface area (Å²) in [5.41, 5.74) is 0. The van der Waals surface area contributed by atoms with Crippen LogP contribution < -0.4 is 5.32 Å². The molecule has 2 rings (SSSR count). The van der Waals surface area contributed by atoms with Gasteiger partial charge in [-0.25, -0.2) is 9.50 Å². The molecule has 0 aromatic carbocycles. The minimum Gasteiger partial charge on any atom is -0.308 e. The molecule has 2 aliphatic heterocycles. The topological polar surface area (TPSA) is 31.9 Å². The molecule has 10 heavy (non-hydrogen) atoms. The fourth-order valence-electron chi connectivity index (χ4n) is 1.96. The van der Waals surface area contributed by atoms with Gasteiger partial charge in [-0.2, -0.15) is 0 Å². The summed E-state index contributed by atoms with van der Waals surface area (Å²) in [6, 6.07) is 0.195. The standard InChI is InChI=1S/C7H11FNO/c8-7-5-2-1-4(9-5)3-6(7)10/h4-7,9H,1-3H2. The molecule has 57 valence electrons. The zero-order valence-corrected chi connectivity index (χ0v) is 5.72. The van der Waals surface area contributed by atoms with Crippen molar-refractivity contribution < 1.29 is 9.50 Å². The molecular formula is C7H11FNO. The van der Waals surface area contributed by atoms with Crippen LogP contribution in [0.15, 0.2) is 0 Å². The average molecular weight is 144 g/mol. The van der Waals surface area contributed by atoms with Crippen molar-refractivity contribution in [3.63, 3.8) is 0 Å². The largest absolute Gasteiger partial charge is 0.308 e. The number of piperidine rings is 1. The third-order valence-corrected chi connectivity index (χ3v) is 2.53. The highest BCUT2D eigenvalue weighted by atomic mass is 19.1. The third-order valence-electron chi connectivity index (χ3n) is 2.53. The van der Waals surface area contributed by atoms with E-state index in [2.05, 4.69) is 5.32 Å². The van der Waals surface area contributed by atoms with Crippen LogP contribution in [0.2, 0.25) is 0 Å². The summed E-state index contributed by atoms with van der Waals surface area (Å²) in [5.74, 6) is 0. The lowest BCUT2D eigenvalue weighted by molar-refractivity contribution is -0.0209. The second kappa shape index (κ2) is 2.17. The van der Waals surface area contributed by atoms with Gasteiger partial charge in [0, 0.05) is 12.1 Å². The molecule has 0 spiro atoms. The first-order valence-electron chi connectivity index (χ1n) is 3.83. The summed E-state index contributed by atoms with van der Waals surface area (Å²) < 4.78 is 12.9. The van der Waals surface area contributed by atoms with Crippen molar-refractivity contribution in [2.24, 2.45) is 0 Å². The molecule has 0 aromatic rings. The van der Waals surface area contributed by atoms with E-state index in [0.717, 1.165) is 12.8 Å². The predicted octanol–water partition coefficient (Wildman–Crippen LogP) is 0.648. The second-order valence-corrected chi connectivity index (χ2v) is 3.27. The molecule has 1 radical (unpaired) electrons. The smallest absolute Gasteiger partial charge is 0.145 e. The van der Waals surface area contributed by atoms with Gasteiger partial charge in [0.25, 0.3) is 0 Å². The lowest BCUT2D eigenvalue weighted by Gasteiger charge is -2.27. The summed E-state index contributed by atoms with van der Waals surface area (Å²) in [7, 11) is 0. The number of nitrogens with one attached hydrogen (secondary N) is 1. The van der Waals surface area contributed by atoms with Crippen molar-refractivity contribution in [3.8, 4) is 0 Å². The zero-order valence-electron chi connectivity index (χ0n) is 5.72. The Kier molecular flexibility index (Phi) is 1.42. The van der Waals surface area contributed by atoms with Crippen LogP contribution >= 0.6 is 0 Å². The van der Waals surface area contributed by atoms with Crippen molar-refractivity contribution in [2.45, 2.75) is 43.6 Å². The summed E-state index contributed by atoms with van der Waals surface area (Å²) in [4.78, 5) is 0. The molecule has 4 atom stereocenters. The molecule has 0 amide bonds. The van der Waals surface area contributed by atoms with Crippen LogP contribution in [0.1, 0.15) is 19.3 Å². The second-order valence-electron chi connectivity index (χ2n) is 3.27. The van der Waals surface area contributed by atoms with Gasteiger partial charge in [0.05, 0.1) is 0 Å². The van der Waals surface area contributed by atoms with E-state index < -0.39 is 12.3 Å². The number of alkyl halides is 1. The Morgan fingerprint density at radius 3 is 3.00 bits per heavy atom. The Morgan fingerprint density at radius 1 is 1.40 bits per heavy atom. The van der Waals surface area contributed by atoms with E-state index in [4.69, 9.17) is 0 Å². The van der Waals surface area contributed by atoms with Crippen molar-refractivity contribution in [1.29, 1.82) is 0 Å². The fourth-order valence-corrected chi connectivity index (χ4v) is 1.96. The van der Waals surface area contributed by atoms with Crippen LogP contribution in [0, 0.1) is 0 Å². The van der Waals surface area contributed by atoms with E-state index >= 15 is 0 Å². The highest BCUT2D eigenvalue weighted by Crippen LogP contribution is 2.29. The number of hydrogen-bond donors (Lipinski definition) is 1. The maximum absolute atomic E-state index is 12.9. The van der Waals surface area contributed by atoms with Crippen molar-refractivity contribution in [1.82, 2.24) is 5.32 Å². The Labute approximate surface area is 59.4 Å². The van der Waals surface area contributed by atoms with Gasteiger partial charge in [0.15, 0.2) is 0 Å². The molecule has 2 saturated heterocycles. The highest BCUT2D eigenvalue weighted by Gasteiger charge is 2.41. The number of fused-ring (bicyclic) bond motifs is 2. The Hall–Kier alpha value is -0.150. The first-order valence-corrected chi connectivity index (χ1v) is 3.83. The molecule has 1 N–H and O–H groups in total. The van der Waals surface area contributed by atoms with E-state index in [-0.39, 0.29) is 6.04 Å². The summed E-state index contributed by atoms with van der Waals surface area (Å²) in [6.45, 7) is 0. The van der Waals surface area contributed by atoms with Crippen LogP contribution in [0.25, 0.3) is 0 Å². The lowest BCUT2D eigenvalue weighted by Crippen LogP contribution is -2.48. The molecule has 4 unspecified atom stereocenters. The van der Waals surface area contributed by atoms with Gasteiger partial charge in [0.1, 0.15) is 12.3 Å². The van der Waals surface area contributed by atoms with E-state index in [9.17, 15) is 9.50 Å². The number of hydrogen-bond acceptors (Lipinski definition) is 1. The number of rotatable bonds is 0. The van der Waals surface area contributed by atoms with Crippen LogP contribution in [0.5, 0.6) is 0 Å². The molecular weight excluding hydrogens is 133 g/mol. The summed E-state index contributed by atoms with van der Waals surface area (Å²) in [6.07, 6.45) is 0.226. The maximum atomic E-state index is 12.9. The SMILES string of the molecule is [O]C1CC2CCC(N2)C1F. The minimum absolute atomic E-state index is 0.124. The molecule has 2 heterocycles. The van der Waals surface area contributed by atoms with Gasteiger partial charge in [-0.1, -0.05) is 0 Å². The van der Waals surface area contributed by atoms with Gasteiger partial charge in [0.2, 0.25) is 0 Å². The zero-order chi connectivity index (χ0) is 7.14. The van der Waals surface area contributed by atoms with Crippen molar-refractivity contribution in [3.05, 3.63) is 0 Å². The van der Waals surface area contributed by atoms with E-state index in [0.29, 0.717) is 12.5 Å². The molecule has 0 saturated carbocycles. The third kappa shape index (κ3) is 0.847. The number of halogens is 1. The van der Waals surface area contributed by atoms with Crippen LogP contribution in [-0.4, -0.2) is 24.4 Å². The Balaban J connectivity index is 2.09. The van der Waals surface area contributed by atoms with Crippen LogP contribution in [0.4, 0.5) is 4.39 Å². The van der Waals surface area contributed by atoms with Crippen molar-refractivity contribution >= 4 is 0 Å².